The lowest BCUT2D eigenvalue weighted by atomic mass is 9.90. The summed E-state index contributed by atoms with van der Waals surface area (Å²) in [6, 6.07) is 26.1. The van der Waals surface area contributed by atoms with Gasteiger partial charge in [0, 0.05) is 40.4 Å². The molecule has 3 aromatic carbocycles. The number of nitrogens with zero attached hydrogens (tertiary/aromatic N) is 4. The van der Waals surface area contributed by atoms with Crippen molar-refractivity contribution in [3.63, 3.8) is 0 Å². The van der Waals surface area contributed by atoms with E-state index in [0.29, 0.717) is 30.9 Å². The van der Waals surface area contributed by atoms with Crippen LogP contribution in [0.25, 0.3) is 55.0 Å². The Morgan fingerprint density at radius 2 is 1.19 bits per heavy atom. The van der Waals surface area contributed by atoms with Gasteiger partial charge < -0.3 is 14.4 Å². The van der Waals surface area contributed by atoms with Crippen LogP contribution in [0.4, 0.5) is 5.82 Å². The first kappa shape index (κ1) is 30.9. The number of hydrogen-bond donors (Lipinski definition) is 0. The van der Waals surface area contributed by atoms with E-state index in [1.165, 1.54) is 29.4 Å². The zero-order valence-electron chi connectivity index (χ0n) is 28.4. The van der Waals surface area contributed by atoms with Gasteiger partial charge in [-0.2, -0.15) is 0 Å². The van der Waals surface area contributed by atoms with Gasteiger partial charge in [0.15, 0.2) is 0 Å². The fourth-order valence-corrected chi connectivity index (χ4v) is 6.93. The van der Waals surface area contributed by atoms with Crippen molar-refractivity contribution in [2.75, 3.05) is 31.2 Å². The Balaban J connectivity index is 1.44. The molecule has 0 saturated carbocycles. The minimum Gasteiger partial charge on any atom is -0.478 e. The Kier molecular flexibility index (Phi) is 8.44. The van der Waals surface area contributed by atoms with Gasteiger partial charge in [-0.1, -0.05) is 45.9 Å². The summed E-state index contributed by atoms with van der Waals surface area (Å²) in [5.74, 6) is 2.94. The van der Waals surface area contributed by atoms with E-state index in [1.54, 1.807) is 0 Å². The van der Waals surface area contributed by atoms with Gasteiger partial charge in [0.2, 0.25) is 11.8 Å². The molecule has 240 valence electrons. The van der Waals surface area contributed by atoms with Gasteiger partial charge in [-0.3, -0.25) is 0 Å². The smallest absolute Gasteiger partial charge is 0.221 e. The van der Waals surface area contributed by atoms with Crippen molar-refractivity contribution in [2.24, 2.45) is 0 Å². The predicted octanol–water partition coefficient (Wildman–Crippen LogP) is 10.3. The highest BCUT2D eigenvalue weighted by Gasteiger charge is 2.21. The molecule has 0 aliphatic carbocycles. The molecule has 3 aromatic heterocycles. The normalized spacial score (nSPS) is 13.5. The third-order valence-corrected chi connectivity index (χ3v) is 9.30. The van der Waals surface area contributed by atoms with Crippen LogP contribution in [0.5, 0.6) is 11.8 Å². The molecule has 6 nitrogen and oxygen atoms in total. The van der Waals surface area contributed by atoms with Crippen molar-refractivity contribution in [1.29, 1.82) is 0 Å². The third kappa shape index (κ3) is 5.86. The van der Waals surface area contributed by atoms with E-state index < -0.39 is 0 Å². The summed E-state index contributed by atoms with van der Waals surface area (Å²) in [6.45, 7) is 16.2. The van der Waals surface area contributed by atoms with Crippen molar-refractivity contribution >= 4 is 38.5 Å². The van der Waals surface area contributed by atoms with Crippen LogP contribution in [-0.2, 0) is 0 Å². The van der Waals surface area contributed by atoms with Crippen molar-refractivity contribution < 1.29 is 9.47 Å². The molecule has 0 spiro atoms. The quantitative estimate of drug-likeness (QED) is 0.160. The summed E-state index contributed by atoms with van der Waals surface area (Å²) in [6.07, 6.45) is 2.45. The summed E-state index contributed by atoms with van der Waals surface area (Å²) >= 11 is 0. The molecule has 1 aliphatic heterocycles. The van der Waals surface area contributed by atoms with Crippen LogP contribution in [0.1, 0.15) is 77.3 Å². The van der Waals surface area contributed by atoms with Gasteiger partial charge in [0.1, 0.15) is 5.82 Å². The maximum atomic E-state index is 6.31. The fourth-order valence-electron chi connectivity index (χ4n) is 6.93. The van der Waals surface area contributed by atoms with Crippen LogP contribution in [-0.4, -0.2) is 41.3 Å². The summed E-state index contributed by atoms with van der Waals surface area (Å²) < 4.78 is 12.4. The highest BCUT2D eigenvalue weighted by atomic mass is 16.5. The molecular formula is C41H44N4O2. The highest BCUT2D eigenvalue weighted by molar-refractivity contribution is 5.96. The zero-order chi connectivity index (χ0) is 32.7. The zero-order valence-corrected chi connectivity index (χ0v) is 28.4. The second-order valence-electron chi connectivity index (χ2n) is 13.2. The lowest BCUT2D eigenvalue weighted by Crippen LogP contribution is -2.18. The maximum Gasteiger partial charge on any atom is 0.221 e. The van der Waals surface area contributed by atoms with E-state index in [-0.39, 0.29) is 5.92 Å². The van der Waals surface area contributed by atoms with Gasteiger partial charge in [0.05, 0.1) is 29.8 Å². The fraction of sp³-hybridized carbons (Fsp3) is 0.341. The van der Waals surface area contributed by atoms with Crippen molar-refractivity contribution in [3.05, 3.63) is 83.9 Å². The lowest BCUT2D eigenvalue weighted by molar-refractivity contribution is 0.329. The molecule has 0 amide bonds. The average molecular weight is 625 g/mol. The largest absolute Gasteiger partial charge is 0.478 e. The van der Waals surface area contributed by atoms with Crippen LogP contribution >= 0.6 is 0 Å². The molecule has 6 aromatic rings. The maximum absolute atomic E-state index is 6.31. The van der Waals surface area contributed by atoms with Crippen LogP contribution < -0.4 is 14.4 Å². The molecular weight excluding hydrogens is 580 g/mol. The predicted molar refractivity (Wildman–Crippen MR) is 195 cm³/mol. The number of anilines is 1. The van der Waals surface area contributed by atoms with E-state index >= 15 is 0 Å². The monoisotopic (exact) mass is 624 g/mol. The molecule has 1 fully saturated rings. The number of hydrogen-bond acceptors (Lipinski definition) is 6. The highest BCUT2D eigenvalue weighted by Crippen LogP contribution is 2.41. The number of ether oxygens (including phenoxy) is 2. The molecule has 7 rings (SSSR count). The van der Waals surface area contributed by atoms with E-state index in [1.807, 2.05) is 32.0 Å². The summed E-state index contributed by atoms with van der Waals surface area (Å²) in [4.78, 5) is 17.7. The lowest BCUT2D eigenvalue weighted by Gasteiger charge is -2.20. The second-order valence-corrected chi connectivity index (χ2v) is 13.2. The molecule has 6 heteroatoms. The summed E-state index contributed by atoms with van der Waals surface area (Å²) in [5, 5.41) is 3.41. The molecule has 0 bridgehead atoms. The van der Waals surface area contributed by atoms with Crippen LogP contribution in [0, 0.1) is 0 Å². The number of rotatable bonds is 9. The first-order valence-electron chi connectivity index (χ1n) is 17.2. The number of benzene rings is 3. The van der Waals surface area contributed by atoms with E-state index in [0.717, 1.165) is 68.5 Å². The number of pyridine rings is 3. The molecule has 0 N–H and O–H groups in total. The standard InChI is InChI=1S/C41H44N4O2/c1-7-46-40-33(19-27-13-9-10-14-36(27)43-40)28-21-32(26(5)6)35-24-34(41(47-8-2)44-38(35)23-28)29-20-31(25(3)4)30-15-16-39(42-37(30)22-29)45-17-11-12-18-45/h9-10,13-16,19-26H,7-8,11-12,17-18H2,1-6H3. The molecule has 0 unspecified atom stereocenters. The van der Waals surface area contributed by atoms with Crippen LogP contribution in [0.2, 0.25) is 0 Å². The van der Waals surface area contributed by atoms with Crippen LogP contribution in [0.15, 0.2) is 72.8 Å². The number of para-hydroxylation sites is 1. The van der Waals surface area contributed by atoms with E-state index in [2.05, 4.69) is 87.2 Å². The Bertz CT molecular complexity index is 2100. The number of aromatic nitrogens is 3. The minimum atomic E-state index is 0.265. The van der Waals surface area contributed by atoms with E-state index in [9.17, 15) is 0 Å². The van der Waals surface area contributed by atoms with Crippen LogP contribution in [0.3, 0.4) is 0 Å². The van der Waals surface area contributed by atoms with Gasteiger partial charge in [-0.05, 0) is 115 Å². The van der Waals surface area contributed by atoms with Gasteiger partial charge in [-0.25, -0.2) is 15.0 Å². The van der Waals surface area contributed by atoms with Crippen molar-refractivity contribution in [2.45, 2.75) is 66.2 Å². The van der Waals surface area contributed by atoms with Gasteiger partial charge in [0.25, 0.3) is 0 Å². The summed E-state index contributed by atoms with van der Waals surface area (Å²) in [5.41, 5.74) is 9.43. The Labute approximate surface area is 277 Å². The molecule has 0 radical (unpaired) electrons. The topological polar surface area (TPSA) is 60.4 Å². The van der Waals surface area contributed by atoms with Gasteiger partial charge >= 0.3 is 0 Å². The van der Waals surface area contributed by atoms with Gasteiger partial charge in [-0.15, -0.1) is 0 Å². The molecule has 47 heavy (non-hydrogen) atoms. The van der Waals surface area contributed by atoms with Crippen molar-refractivity contribution in [3.8, 4) is 34.0 Å². The van der Waals surface area contributed by atoms with E-state index in [4.69, 9.17) is 24.4 Å². The Morgan fingerprint density at radius 1 is 0.617 bits per heavy atom. The first-order valence-corrected chi connectivity index (χ1v) is 17.2. The summed E-state index contributed by atoms with van der Waals surface area (Å²) in [7, 11) is 0. The number of fused-ring (bicyclic) bond motifs is 3. The molecule has 4 heterocycles. The Morgan fingerprint density at radius 3 is 1.83 bits per heavy atom. The minimum absolute atomic E-state index is 0.265. The van der Waals surface area contributed by atoms with Crippen molar-refractivity contribution in [1.82, 2.24) is 15.0 Å². The molecule has 1 saturated heterocycles. The second kappa shape index (κ2) is 12.8. The average Bonchev–Trinajstić information content (AvgIpc) is 3.62. The SMILES string of the molecule is CCOc1nc2ccccc2cc1-c1cc(C(C)C)c2cc(-c3cc(C(C)C)c4ccc(N5CCCC5)nc4c3)c(OCC)nc2c1. The molecule has 0 atom stereocenters. The Hall–Kier alpha value is -4.71. The third-order valence-electron chi connectivity index (χ3n) is 9.30. The molecule has 1 aliphatic rings. The first-order chi connectivity index (χ1) is 22.8.